The Morgan fingerprint density at radius 1 is 1.03 bits per heavy atom. The second-order valence-electron chi connectivity index (χ2n) is 8.52. The molecule has 1 heterocycles. The molecule has 0 saturated carbocycles. The number of nitrogens with zero attached hydrogens (tertiary/aromatic N) is 2. The minimum absolute atomic E-state index is 0.121. The van der Waals surface area contributed by atoms with E-state index < -0.39 is 0 Å². The van der Waals surface area contributed by atoms with Gasteiger partial charge >= 0.3 is 6.09 Å². The number of aryl methyl sites for hydroxylation is 1. The molecule has 1 aliphatic heterocycles. The van der Waals surface area contributed by atoms with Crippen molar-refractivity contribution in [2.45, 2.75) is 38.2 Å². The van der Waals surface area contributed by atoms with Crippen molar-refractivity contribution >= 4 is 35.0 Å². The molecular weight excluding hydrogens is 445 g/mol. The predicted molar refractivity (Wildman–Crippen MR) is 131 cm³/mol. The van der Waals surface area contributed by atoms with Crippen LogP contribution in [0.25, 0.3) is 0 Å². The molecule has 32 heavy (non-hydrogen) atoms. The predicted octanol–water partition coefficient (Wildman–Crippen LogP) is 5.70. The SMILES string of the molecule is O=C(NCCCCN1CCN(c2cccc(Cl)c2Cl)CC1)OC1CCCc2ccccc21. The van der Waals surface area contributed by atoms with E-state index in [-0.39, 0.29) is 12.2 Å². The molecule has 0 radical (unpaired) electrons. The number of rotatable bonds is 7. The molecule has 2 aromatic rings. The van der Waals surface area contributed by atoms with Crippen molar-refractivity contribution in [3.05, 3.63) is 63.6 Å². The standard InChI is InChI=1S/C25H31Cl2N3O2/c26-21-10-6-11-22(24(21)27)30-17-15-29(16-18-30)14-4-3-13-28-25(31)32-23-12-5-8-19-7-1-2-9-20(19)23/h1-2,6-7,9-11,23H,3-5,8,12-18H2,(H,28,31). The van der Waals surface area contributed by atoms with Crippen LogP contribution in [0.15, 0.2) is 42.5 Å². The van der Waals surface area contributed by atoms with E-state index in [0.717, 1.165) is 76.1 Å². The second-order valence-corrected chi connectivity index (χ2v) is 9.31. The zero-order valence-corrected chi connectivity index (χ0v) is 19.9. The van der Waals surface area contributed by atoms with Crippen LogP contribution in [0.5, 0.6) is 0 Å². The number of hydrogen-bond donors (Lipinski definition) is 1. The topological polar surface area (TPSA) is 44.8 Å². The van der Waals surface area contributed by atoms with Crippen LogP contribution in [0.2, 0.25) is 10.0 Å². The highest BCUT2D eigenvalue weighted by atomic mass is 35.5. The van der Waals surface area contributed by atoms with Gasteiger partial charge in [0.1, 0.15) is 6.10 Å². The molecule has 4 rings (SSSR count). The van der Waals surface area contributed by atoms with Gasteiger partial charge in [-0.3, -0.25) is 4.90 Å². The van der Waals surface area contributed by atoms with Gasteiger partial charge in [0.2, 0.25) is 0 Å². The van der Waals surface area contributed by atoms with Crippen LogP contribution in [-0.4, -0.2) is 50.3 Å². The minimum atomic E-state index is -0.307. The van der Waals surface area contributed by atoms with E-state index in [1.807, 2.05) is 30.3 Å². The molecule has 1 fully saturated rings. The number of anilines is 1. The van der Waals surface area contributed by atoms with Gasteiger partial charge in [0.25, 0.3) is 0 Å². The highest BCUT2D eigenvalue weighted by Gasteiger charge is 2.23. The molecule has 2 aromatic carbocycles. The third-order valence-electron chi connectivity index (χ3n) is 6.38. The van der Waals surface area contributed by atoms with E-state index in [1.54, 1.807) is 0 Å². The summed E-state index contributed by atoms with van der Waals surface area (Å²) >= 11 is 12.5. The fourth-order valence-corrected chi connectivity index (χ4v) is 5.02. The number of halogens is 2. The third kappa shape index (κ3) is 5.89. The van der Waals surface area contributed by atoms with Crippen molar-refractivity contribution in [2.24, 2.45) is 0 Å². The van der Waals surface area contributed by atoms with Gasteiger partial charge in [0.05, 0.1) is 15.7 Å². The molecule has 0 spiro atoms. The van der Waals surface area contributed by atoms with Crippen molar-refractivity contribution in [1.82, 2.24) is 10.2 Å². The monoisotopic (exact) mass is 475 g/mol. The molecule has 1 aliphatic carbocycles. The number of unbranched alkanes of at least 4 members (excludes halogenated alkanes) is 1. The molecule has 1 atom stereocenters. The summed E-state index contributed by atoms with van der Waals surface area (Å²) in [6.07, 6.45) is 4.59. The fourth-order valence-electron chi connectivity index (χ4n) is 4.60. The Labute approximate surface area is 200 Å². The van der Waals surface area contributed by atoms with Crippen molar-refractivity contribution in [1.29, 1.82) is 0 Å². The van der Waals surface area contributed by atoms with Crippen LogP contribution in [0.3, 0.4) is 0 Å². The van der Waals surface area contributed by atoms with Crippen LogP contribution in [0.4, 0.5) is 10.5 Å². The van der Waals surface area contributed by atoms with Gasteiger partial charge < -0.3 is 15.0 Å². The van der Waals surface area contributed by atoms with E-state index in [4.69, 9.17) is 27.9 Å². The fraction of sp³-hybridized carbons (Fsp3) is 0.480. The van der Waals surface area contributed by atoms with Gasteiger partial charge in [-0.2, -0.15) is 0 Å². The lowest BCUT2D eigenvalue weighted by Crippen LogP contribution is -2.46. The Kier molecular flexibility index (Phi) is 8.17. The van der Waals surface area contributed by atoms with Crippen LogP contribution >= 0.6 is 23.2 Å². The van der Waals surface area contributed by atoms with Gasteiger partial charge in [-0.1, -0.05) is 53.5 Å². The Bertz CT molecular complexity index is 916. The maximum Gasteiger partial charge on any atom is 0.407 e. The summed E-state index contributed by atoms with van der Waals surface area (Å²) in [7, 11) is 0. The zero-order chi connectivity index (χ0) is 22.3. The average Bonchev–Trinajstić information content (AvgIpc) is 2.81. The lowest BCUT2D eigenvalue weighted by atomic mass is 9.89. The summed E-state index contributed by atoms with van der Waals surface area (Å²) in [6, 6.07) is 14.1. The molecule has 5 nitrogen and oxygen atoms in total. The molecule has 0 aromatic heterocycles. The van der Waals surface area contributed by atoms with Crippen LogP contribution < -0.4 is 10.2 Å². The van der Waals surface area contributed by atoms with E-state index in [1.165, 1.54) is 5.56 Å². The summed E-state index contributed by atoms with van der Waals surface area (Å²) in [6.45, 7) is 5.55. The summed E-state index contributed by atoms with van der Waals surface area (Å²) in [4.78, 5) is 17.0. The summed E-state index contributed by atoms with van der Waals surface area (Å²) in [5, 5.41) is 4.16. The lowest BCUT2D eigenvalue weighted by Gasteiger charge is -2.36. The number of amides is 1. The number of fused-ring (bicyclic) bond motifs is 1. The van der Waals surface area contributed by atoms with Gasteiger partial charge in [-0.05, 0) is 61.9 Å². The molecule has 2 aliphatic rings. The second kappa shape index (κ2) is 11.3. The number of benzene rings is 2. The first kappa shape index (κ1) is 23.2. The van der Waals surface area contributed by atoms with E-state index in [9.17, 15) is 4.79 Å². The highest BCUT2D eigenvalue weighted by molar-refractivity contribution is 6.43. The number of hydrogen-bond acceptors (Lipinski definition) is 4. The Balaban J connectivity index is 1.11. The van der Waals surface area contributed by atoms with Gasteiger partial charge in [-0.25, -0.2) is 4.79 Å². The first-order valence-electron chi connectivity index (χ1n) is 11.6. The zero-order valence-electron chi connectivity index (χ0n) is 18.4. The number of ether oxygens (including phenoxy) is 1. The number of piperazine rings is 1. The largest absolute Gasteiger partial charge is 0.441 e. The Morgan fingerprint density at radius 3 is 2.69 bits per heavy atom. The minimum Gasteiger partial charge on any atom is -0.441 e. The van der Waals surface area contributed by atoms with Gasteiger partial charge in [-0.15, -0.1) is 0 Å². The third-order valence-corrected chi connectivity index (χ3v) is 7.19. The Morgan fingerprint density at radius 2 is 1.84 bits per heavy atom. The summed E-state index contributed by atoms with van der Waals surface area (Å²) < 4.78 is 5.70. The van der Waals surface area contributed by atoms with E-state index >= 15 is 0 Å². The summed E-state index contributed by atoms with van der Waals surface area (Å²) in [5.74, 6) is 0. The average molecular weight is 476 g/mol. The number of carbonyl (C=O) groups excluding carboxylic acids is 1. The molecule has 1 saturated heterocycles. The highest BCUT2D eigenvalue weighted by Crippen LogP contribution is 2.33. The molecule has 7 heteroatoms. The number of nitrogens with one attached hydrogen (secondary N) is 1. The van der Waals surface area contributed by atoms with Crippen molar-refractivity contribution in [2.75, 3.05) is 44.2 Å². The van der Waals surface area contributed by atoms with Crippen molar-refractivity contribution < 1.29 is 9.53 Å². The normalized spacial score (nSPS) is 18.8. The van der Waals surface area contributed by atoms with Crippen LogP contribution in [0, 0.1) is 0 Å². The molecule has 1 unspecified atom stereocenters. The van der Waals surface area contributed by atoms with Gasteiger partial charge in [0, 0.05) is 32.7 Å². The maximum atomic E-state index is 12.2. The lowest BCUT2D eigenvalue weighted by molar-refractivity contribution is 0.0873. The first-order valence-corrected chi connectivity index (χ1v) is 12.3. The molecule has 0 bridgehead atoms. The number of alkyl carbamates (subject to hydrolysis) is 1. The van der Waals surface area contributed by atoms with Crippen molar-refractivity contribution in [3.8, 4) is 0 Å². The van der Waals surface area contributed by atoms with Crippen LogP contribution in [-0.2, 0) is 11.2 Å². The summed E-state index contributed by atoms with van der Waals surface area (Å²) in [5.41, 5.74) is 3.48. The molecule has 1 N–H and O–H groups in total. The first-order chi connectivity index (χ1) is 15.6. The molecular formula is C25H31Cl2N3O2. The molecule has 172 valence electrons. The maximum absolute atomic E-state index is 12.2. The quantitative estimate of drug-likeness (QED) is 0.521. The van der Waals surface area contributed by atoms with Crippen molar-refractivity contribution in [3.63, 3.8) is 0 Å². The Hall–Kier alpha value is -1.95. The van der Waals surface area contributed by atoms with E-state index in [0.29, 0.717) is 16.6 Å². The van der Waals surface area contributed by atoms with E-state index in [2.05, 4.69) is 27.2 Å². The van der Waals surface area contributed by atoms with Crippen LogP contribution in [0.1, 0.15) is 42.9 Å². The smallest absolute Gasteiger partial charge is 0.407 e. The molecule has 1 amide bonds. The number of carbonyl (C=O) groups is 1. The van der Waals surface area contributed by atoms with Gasteiger partial charge in [0.15, 0.2) is 0 Å².